The Morgan fingerprint density at radius 1 is 1.31 bits per heavy atom. The van der Waals surface area contributed by atoms with Crippen LogP contribution in [0.1, 0.15) is 52.9 Å². The first kappa shape index (κ1) is 13.3. The van der Waals surface area contributed by atoms with Gasteiger partial charge in [-0.1, -0.05) is 19.8 Å². The molecule has 1 aliphatic rings. The molecule has 2 nitrogen and oxygen atoms in total. The summed E-state index contributed by atoms with van der Waals surface area (Å²) in [4.78, 5) is 12.1. The third-order valence-electron chi connectivity index (χ3n) is 3.60. The zero-order valence-electron chi connectivity index (χ0n) is 10.6. The molecule has 0 spiro atoms. The predicted octanol–water partition coefficient (Wildman–Crippen LogP) is 2.95. The average molecular weight is 222 g/mol. The first-order valence-electron chi connectivity index (χ1n) is 6.06. The monoisotopic (exact) mass is 222 g/mol. The number of carbonyl (C=O) groups excluding carboxylic acids is 1. The summed E-state index contributed by atoms with van der Waals surface area (Å²) in [6.07, 6.45) is 9.10. The Bertz CT molecular complexity index is 286. The molecule has 1 rings (SSSR count). The van der Waals surface area contributed by atoms with E-state index in [1.54, 1.807) is 0 Å². The molecule has 0 amide bonds. The summed E-state index contributed by atoms with van der Waals surface area (Å²) in [5.74, 6) is 2.53. The highest BCUT2D eigenvalue weighted by molar-refractivity contribution is 5.89. The van der Waals surface area contributed by atoms with Crippen molar-refractivity contribution in [1.29, 1.82) is 0 Å². The summed E-state index contributed by atoms with van der Waals surface area (Å²) in [6, 6.07) is 0. The lowest BCUT2D eigenvalue weighted by molar-refractivity contribution is -0.151. The van der Waals surface area contributed by atoms with Crippen LogP contribution in [0.3, 0.4) is 0 Å². The normalized spacial score (nSPS) is 22.4. The van der Waals surface area contributed by atoms with E-state index in [4.69, 9.17) is 11.2 Å². The molecule has 0 radical (unpaired) electrons. The van der Waals surface area contributed by atoms with Crippen LogP contribution in [0.15, 0.2) is 0 Å². The molecule has 0 atom stereocenters. The van der Waals surface area contributed by atoms with E-state index in [1.165, 1.54) is 0 Å². The van der Waals surface area contributed by atoms with Crippen molar-refractivity contribution < 1.29 is 9.53 Å². The standard InChI is InChI=1S/C14H22O2/c1-5-7-12(15)14(16-6-2)10-8-13(3,4)9-11-14/h1H,6-11H2,2-4H3. The molecule has 2 heteroatoms. The van der Waals surface area contributed by atoms with Gasteiger partial charge in [0.2, 0.25) is 0 Å². The van der Waals surface area contributed by atoms with E-state index >= 15 is 0 Å². The number of rotatable bonds is 4. The number of hydrogen-bond acceptors (Lipinski definition) is 2. The smallest absolute Gasteiger partial charge is 0.176 e. The van der Waals surface area contributed by atoms with Crippen molar-refractivity contribution in [3.8, 4) is 12.3 Å². The van der Waals surface area contributed by atoms with E-state index in [-0.39, 0.29) is 12.2 Å². The van der Waals surface area contributed by atoms with Crippen molar-refractivity contribution in [2.45, 2.75) is 58.5 Å². The number of terminal acetylenes is 1. The van der Waals surface area contributed by atoms with Gasteiger partial charge in [-0.05, 0) is 38.0 Å². The van der Waals surface area contributed by atoms with E-state index in [1.807, 2.05) is 6.92 Å². The van der Waals surface area contributed by atoms with Crippen LogP contribution >= 0.6 is 0 Å². The molecule has 0 heterocycles. The molecule has 1 saturated carbocycles. The maximum atomic E-state index is 12.1. The minimum Gasteiger partial charge on any atom is -0.367 e. The van der Waals surface area contributed by atoms with Crippen molar-refractivity contribution >= 4 is 5.78 Å². The number of ether oxygens (including phenoxy) is 1. The molecule has 0 unspecified atom stereocenters. The van der Waals surface area contributed by atoms with Crippen LogP contribution in [-0.2, 0) is 9.53 Å². The van der Waals surface area contributed by atoms with Crippen molar-refractivity contribution in [3.63, 3.8) is 0 Å². The van der Waals surface area contributed by atoms with Gasteiger partial charge in [-0.2, -0.15) is 0 Å². The first-order valence-corrected chi connectivity index (χ1v) is 6.06. The maximum absolute atomic E-state index is 12.1. The summed E-state index contributed by atoms with van der Waals surface area (Å²) in [5, 5.41) is 0. The topological polar surface area (TPSA) is 26.3 Å². The number of hydrogen-bond donors (Lipinski definition) is 0. The Morgan fingerprint density at radius 3 is 2.31 bits per heavy atom. The minimum absolute atomic E-state index is 0.0901. The van der Waals surface area contributed by atoms with Gasteiger partial charge in [0.05, 0.1) is 6.42 Å². The molecule has 1 fully saturated rings. The Labute approximate surface area is 98.8 Å². The minimum atomic E-state index is -0.587. The highest BCUT2D eigenvalue weighted by Gasteiger charge is 2.43. The van der Waals surface area contributed by atoms with Gasteiger partial charge in [0.1, 0.15) is 5.60 Å². The van der Waals surface area contributed by atoms with Crippen LogP contribution in [0.4, 0.5) is 0 Å². The zero-order valence-corrected chi connectivity index (χ0v) is 10.6. The van der Waals surface area contributed by atoms with E-state index in [2.05, 4.69) is 19.8 Å². The van der Waals surface area contributed by atoms with Crippen LogP contribution < -0.4 is 0 Å². The second-order valence-electron chi connectivity index (χ2n) is 5.40. The van der Waals surface area contributed by atoms with Crippen LogP contribution in [0.2, 0.25) is 0 Å². The SMILES string of the molecule is C#CCC(=O)C1(OCC)CCC(C)(C)CC1. The molecular weight excluding hydrogens is 200 g/mol. The zero-order chi connectivity index (χ0) is 12.2. The fraction of sp³-hybridized carbons (Fsp3) is 0.786. The average Bonchev–Trinajstić information content (AvgIpc) is 2.22. The lowest BCUT2D eigenvalue weighted by Gasteiger charge is -2.42. The second kappa shape index (κ2) is 5.01. The predicted molar refractivity (Wildman–Crippen MR) is 65.1 cm³/mol. The van der Waals surface area contributed by atoms with Gasteiger partial charge in [0.15, 0.2) is 5.78 Å². The summed E-state index contributed by atoms with van der Waals surface area (Å²) >= 11 is 0. The molecule has 0 N–H and O–H groups in total. The number of carbonyl (C=O) groups is 1. The molecule has 0 aromatic carbocycles. The number of Topliss-reactive ketones (excluding diaryl/α,β-unsaturated/α-hetero) is 1. The largest absolute Gasteiger partial charge is 0.367 e. The third-order valence-corrected chi connectivity index (χ3v) is 3.60. The van der Waals surface area contributed by atoms with Crippen molar-refractivity contribution in [2.24, 2.45) is 5.41 Å². The third kappa shape index (κ3) is 2.86. The maximum Gasteiger partial charge on any atom is 0.176 e. The van der Waals surface area contributed by atoms with Crippen LogP contribution in [-0.4, -0.2) is 18.0 Å². The number of ketones is 1. The van der Waals surface area contributed by atoms with E-state index in [0.717, 1.165) is 25.7 Å². The van der Waals surface area contributed by atoms with Crippen LogP contribution in [0, 0.1) is 17.8 Å². The molecule has 16 heavy (non-hydrogen) atoms. The molecule has 0 aliphatic heterocycles. The van der Waals surface area contributed by atoms with Crippen molar-refractivity contribution in [3.05, 3.63) is 0 Å². The van der Waals surface area contributed by atoms with E-state index in [0.29, 0.717) is 12.0 Å². The molecular formula is C14H22O2. The van der Waals surface area contributed by atoms with E-state index in [9.17, 15) is 4.79 Å². The fourth-order valence-electron chi connectivity index (χ4n) is 2.36. The van der Waals surface area contributed by atoms with E-state index < -0.39 is 5.60 Å². The highest BCUT2D eigenvalue weighted by Crippen LogP contribution is 2.42. The summed E-state index contributed by atoms with van der Waals surface area (Å²) in [6.45, 7) is 7.00. The fourth-order valence-corrected chi connectivity index (χ4v) is 2.36. The van der Waals surface area contributed by atoms with Crippen LogP contribution in [0.5, 0.6) is 0 Å². The van der Waals surface area contributed by atoms with Gasteiger partial charge in [0.25, 0.3) is 0 Å². The van der Waals surface area contributed by atoms with Crippen LogP contribution in [0.25, 0.3) is 0 Å². The lowest BCUT2D eigenvalue weighted by Crippen LogP contribution is -2.46. The Kier molecular flexibility index (Phi) is 4.15. The van der Waals surface area contributed by atoms with Crippen molar-refractivity contribution in [1.82, 2.24) is 0 Å². The quantitative estimate of drug-likeness (QED) is 0.684. The van der Waals surface area contributed by atoms with Gasteiger partial charge >= 0.3 is 0 Å². The Morgan fingerprint density at radius 2 is 1.88 bits per heavy atom. The molecule has 0 bridgehead atoms. The Balaban J connectivity index is 2.76. The summed E-state index contributed by atoms with van der Waals surface area (Å²) in [7, 11) is 0. The first-order chi connectivity index (χ1) is 7.46. The summed E-state index contributed by atoms with van der Waals surface area (Å²) < 4.78 is 5.73. The summed E-state index contributed by atoms with van der Waals surface area (Å²) in [5.41, 5.74) is -0.256. The molecule has 0 saturated heterocycles. The Hall–Kier alpha value is -0.810. The molecule has 0 aromatic rings. The van der Waals surface area contributed by atoms with Gasteiger partial charge < -0.3 is 4.74 Å². The van der Waals surface area contributed by atoms with Gasteiger partial charge in [-0.25, -0.2) is 0 Å². The highest BCUT2D eigenvalue weighted by atomic mass is 16.5. The van der Waals surface area contributed by atoms with Gasteiger partial charge in [-0.15, -0.1) is 6.42 Å². The lowest BCUT2D eigenvalue weighted by atomic mass is 9.69. The van der Waals surface area contributed by atoms with Gasteiger partial charge in [0, 0.05) is 6.61 Å². The second-order valence-corrected chi connectivity index (χ2v) is 5.40. The molecule has 90 valence electrons. The van der Waals surface area contributed by atoms with Gasteiger partial charge in [-0.3, -0.25) is 4.79 Å². The molecule has 1 aliphatic carbocycles. The van der Waals surface area contributed by atoms with Crippen molar-refractivity contribution in [2.75, 3.05) is 6.61 Å². The molecule has 0 aromatic heterocycles.